The van der Waals surface area contributed by atoms with E-state index in [1.165, 1.54) is 244 Å². The summed E-state index contributed by atoms with van der Waals surface area (Å²) in [5.41, 5.74) is 0. The van der Waals surface area contributed by atoms with Crippen molar-refractivity contribution in [2.45, 2.75) is 445 Å². The molecule has 0 rings (SSSR count). The van der Waals surface area contributed by atoms with Crippen LogP contribution in [0.2, 0.25) is 0 Å². The average molecular weight is 1470 g/mol. The largest absolute Gasteiger partial charge is 0.472 e. The van der Waals surface area contributed by atoms with E-state index in [1.54, 1.807) is 0 Å². The first-order chi connectivity index (χ1) is 48.4. The smallest absolute Gasteiger partial charge is 0.462 e. The second-order valence-electron chi connectivity index (χ2n) is 29.9. The fraction of sp³-hybridized carbons (Fsp3) is 0.951. The van der Waals surface area contributed by atoms with Crippen LogP contribution in [0.5, 0.6) is 0 Å². The van der Waals surface area contributed by atoms with Crippen molar-refractivity contribution in [1.29, 1.82) is 0 Å². The molecule has 3 unspecified atom stereocenters. The lowest BCUT2D eigenvalue weighted by Crippen LogP contribution is -2.30. The Hall–Kier alpha value is -1.94. The van der Waals surface area contributed by atoms with Crippen LogP contribution >= 0.6 is 15.6 Å². The second-order valence-corrected chi connectivity index (χ2v) is 32.8. The van der Waals surface area contributed by atoms with Gasteiger partial charge in [0.25, 0.3) is 0 Å². The first-order valence-electron chi connectivity index (χ1n) is 42.0. The van der Waals surface area contributed by atoms with E-state index in [9.17, 15) is 43.2 Å². The van der Waals surface area contributed by atoms with Gasteiger partial charge in [-0.3, -0.25) is 37.3 Å². The van der Waals surface area contributed by atoms with Gasteiger partial charge < -0.3 is 33.8 Å². The summed E-state index contributed by atoms with van der Waals surface area (Å²) in [6, 6.07) is 0. The Morgan fingerprint density at radius 1 is 0.290 bits per heavy atom. The Balaban J connectivity index is 5.26. The fourth-order valence-corrected chi connectivity index (χ4v) is 14.1. The van der Waals surface area contributed by atoms with Crippen LogP contribution in [0, 0.1) is 11.8 Å². The Kier molecular flexibility index (Phi) is 71.2. The van der Waals surface area contributed by atoms with Crippen LogP contribution in [0.15, 0.2) is 0 Å². The Morgan fingerprint density at radius 3 is 0.760 bits per heavy atom. The molecule has 0 aromatic carbocycles. The number of hydrogen-bond donors (Lipinski definition) is 3. The van der Waals surface area contributed by atoms with Crippen molar-refractivity contribution in [3.05, 3.63) is 0 Å². The number of aliphatic hydroxyl groups is 1. The van der Waals surface area contributed by atoms with Gasteiger partial charge in [0.05, 0.1) is 26.4 Å². The van der Waals surface area contributed by atoms with Crippen LogP contribution in [-0.2, 0) is 65.4 Å². The zero-order valence-electron chi connectivity index (χ0n) is 65.5. The summed E-state index contributed by atoms with van der Waals surface area (Å²) in [4.78, 5) is 73.1. The number of phosphoric acid groups is 2. The molecule has 0 radical (unpaired) electrons. The highest BCUT2D eigenvalue weighted by Gasteiger charge is 2.30. The number of carbonyl (C=O) groups excluding carboxylic acids is 4. The van der Waals surface area contributed by atoms with Gasteiger partial charge >= 0.3 is 39.5 Å². The molecule has 3 N–H and O–H groups in total. The van der Waals surface area contributed by atoms with E-state index in [0.717, 1.165) is 102 Å². The third-order valence-corrected chi connectivity index (χ3v) is 21.2. The molecule has 19 heteroatoms. The number of hydrogen-bond acceptors (Lipinski definition) is 15. The molecule has 0 heterocycles. The predicted molar refractivity (Wildman–Crippen MR) is 409 cm³/mol. The number of unbranched alkanes of at least 4 members (excludes halogenated alkanes) is 49. The van der Waals surface area contributed by atoms with Crippen molar-refractivity contribution in [2.75, 3.05) is 39.6 Å². The second kappa shape index (κ2) is 72.6. The Bertz CT molecular complexity index is 1930. The molecule has 100 heavy (non-hydrogen) atoms. The van der Waals surface area contributed by atoms with Crippen molar-refractivity contribution >= 4 is 39.5 Å². The number of esters is 4. The molecular weight excluding hydrogens is 1310 g/mol. The number of aliphatic hydroxyl groups excluding tert-OH is 1. The first kappa shape index (κ1) is 98.1. The number of ether oxygens (including phenoxy) is 4. The minimum Gasteiger partial charge on any atom is -0.462 e. The maximum absolute atomic E-state index is 13.1. The minimum absolute atomic E-state index is 0.107. The Morgan fingerprint density at radius 2 is 0.510 bits per heavy atom. The molecule has 0 aromatic rings. The topological polar surface area (TPSA) is 237 Å². The third kappa shape index (κ3) is 73.0. The van der Waals surface area contributed by atoms with Crippen LogP contribution in [0.1, 0.15) is 427 Å². The van der Waals surface area contributed by atoms with Gasteiger partial charge in [0.2, 0.25) is 0 Å². The van der Waals surface area contributed by atoms with E-state index in [4.69, 9.17) is 37.0 Å². The third-order valence-electron chi connectivity index (χ3n) is 19.3. The molecule has 0 aliphatic rings. The summed E-state index contributed by atoms with van der Waals surface area (Å²) < 4.78 is 68.8. The lowest BCUT2D eigenvalue weighted by atomic mass is 9.99. The SMILES string of the molecule is CCCCCCCCCCCCCCCCCC(=O)OC[C@H](COP(=O)(O)OC[C@@H](O)COP(=O)(O)OC[C@@H](COC(=O)CCCCCCCCCCCCCC)OC(=O)CCCCCCCCCCCCC(C)CC)OC(=O)CCCCCCCCCCCCCCCCCCC(C)C. The molecule has 6 atom stereocenters. The maximum Gasteiger partial charge on any atom is 0.472 e. The molecule has 0 amide bonds. The molecule has 0 aromatic heterocycles. The number of phosphoric ester groups is 2. The standard InChI is InChI=1S/C81H158O17P2/c1-7-10-12-14-16-18-20-22-25-29-33-40-46-52-58-64-79(84)92-69-76(97-80(85)65-59-53-47-41-34-30-27-24-23-26-28-31-37-43-49-55-61-73(4)5)71-95-99(87,88)93-67-75(82)68-94-100(89,90)96-72-77(70-91-78(83)63-57-51-45-39-32-21-19-17-15-13-11-8-2)98-81(86)66-60-54-48-42-36-35-38-44-50-56-62-74(6)9-3/h73-77,82H,7-72H2,1-6H3,(H,87,88)(H,89,90)/t74?,75-,76-,77-/m1/s1. The molecule has 0 bridgehead atoms. The molecule has 594 valence electrons. The minimum atomic E-state index is -4.96. The van der Waals surface area contributed by atoms with Crippen LogP contribution in [-0.4, -0.2) is 96.7 Å². The van der Waals surface area contributed by atoms with E-state index < -0.39 is 97.5 Å². The summed E-state index contributed by atoms with van der Waals surface area (Å²) in [5, 5.41) is 10.6. The van der Waals surface area contributed by atoms with Gasteiger partial charge in [0, 0.05) is 25.7 Å². The lowest BCUT2D eigenvalue weighted by molar-refractivity contribution is -0.161. The molecule has 0 aliphatic heterocycles. The summed E-state index contributed by atoms with van der Waals surface area (Å²) in [5.74, 6) is -0.494. The van der Waals surface area contributed by atoms with E-state index in [0.29, 0.717) is 25.7 Å². The summed E-state index contributed by atoms with van der Waals surface area (Å²) >= 11 is 0. The van der Waals surface area contributed by atoms with Crippen molar-refractivity contribution in [2.24, 2.45) is 11.8 Å². The van der Waals surface area contributed by atoms with Crippen molar-refractivity contribution in [3.63, 3.8) is 0 Å². The van der Waals surface area contributed by atoms with Crippen molar-refractivity contribution < 1.29 is 80.2 Å². The van der Waals surface area contributed by atoms with Crippen molar-refractivity contribution in [3.8, 4) is 0 Å². The maximum atomic E-state index is 13.1. The van der Waals surface area contributed by atoms with Gasteiger partial charge in [-0.05, 0) is 37.5 Å². The zero-order chi connectivity index (χ0) is 73.5. The van der Waals surface area contributed by atoms with Gasteiger partial charge in [-0.15, -0.1) is 0 Å². The van der Waals surface area contributed by atoms with E-state index in [-0.39, 0.29) is 25.7 Å². The normalized spacial score (nSPS) is 14.2. The van der Waals surface area contributed by atoms with Gasteiger partial charge in [0.15, 0.2) is 12.2 Å². The predicted octanol–water partition coefficient (Wildman–Crippen LogP) is 24.3. The highest BCUT2D eigenvalue weighted by atomic mass is 31.2. The van der Waals surface area contributed by atoms with Gasteiger partial charge in [-0.25, -0.2) is 9.13 Å². The number of rotatable bonds is 80. The lowest BCUT2D eigenvalue weighted by Gasteiger charge is -2.21. The molecule has 0 spiro atoms. The van der Waals surface area contributed by atoms with Gasteiger partial charge in [0.1, 0.15) is 19.3 Å². The highest BCUT2D eigenvalue weighted by molar-refractivity contribution is 7.47. The van der Waals surface area contributed by atoms with Crippen LogP contribution in [0.25, 0.3) is 0 Å². The number of carbonyl (C=O) groups is 4. The first-order valence-corrected chi connectivity index (χ1v) is 45.0. The summed E-state index contributed by atoms with van der Waals surface area (Å²) in [6.07, 6.45) is 62.2. The highest BCUT2D eigenvalue weighted by Crippen LogP contribution is 2.45. The molecule has 17 nitrogen and oxygen atoms in total. The van der Waals surface area contributed by atoms with Crippen LogP contribution in [0.3, 0.4) is 0 Å². The monoisotopic (exact) mass is 1470 g/mol. The average Bonchev–Trinajstić information content (AvgIpc) is 0.930. The van der Waals surface area contributed by atoms with E-state index in [1.807, 2.05) is 0 Å². The summed E-state index contributed by atoms with van der Waals surface area (Å²) in [7, 11) is -9.92. The van der Waals surface area contributed by atoms with Crippen LogP contribution in [0.4, 0.5) is 0 Å². The molecule has 0 aliphatic carbocycles. The van der Waals surface area contributed by atoms with Crippen molar-refractivity contribution in [1.82, 2.24) is 0 Å². The van der Waals surface area contributed by atoms with Gasteiger partial charge in [-0.1, -0.05) is 375 Å². The molecular formula is C81H158O17P2. The van der Waals surface area contributed by atoms with Crippen LogP contribution < -0.4 is 0 Å². The van der Waals surface area contributed by atoms with Gasteiger partial charge in [-0.2, -0.15) is 0 Å². The van der Waals surface area contributed by atoms with E-state index in [2.05, 4.69) is 41.5 Å². The quantitative estimate of drug-likeness (QED) is 0.0222. The fourth-order valence-electron chi connectivity index (χ4n) is 12.5. The summed E-state index contributed by atoms with van der Waals surface area (Å²) in [6.45, 7) is 9.70. The Labute approximate surface area is 613 Å². The van der Waals surface area contributed by atoms with E-state index >= 15 is 0 Å². The zero-order valence-corrected chi connectivity index (χ0v) is 67.3. The molecule has 0 saturated carbocycles. The molecule has 0 fully saturated rings. The molecule has 0 saturated heterocycles.